The van der Waals surface area contributed by atoms with Crippen LogP contribution >= 0.6 is 24.0 Å². The number of thiocarbonyl (C=S) groups is 1. The number of pyridine rings is 1. The van der Waals surface area contributed by atoms with Gasteiger partial charge in [-0.2, -0.15) is 0 Å². The molecule has 0 aromatic carbocycles. The fourth-order valence-corrected chi connectivity index (χ4v) is 2.39. The van der Waals surface area contributed by atoms with Crippen LogP contribution in [-0.2, 0) is 4.79 Å². The summed E-state index contributed by atoms with van der Waals surface area (Å²) in [6.07, 6.45) is 1.17. The second-order valence-electron chi connectivity index (χ2n) is 3.76. The maximum Gasteiger partial charge on any atom is 0.217 e. The van der Waals surface area contributed by atoms with Crippen molar-refractivity contribution in [2.75, 3.05) is 17.6 Å². The van der Waals surface area contributed by atoms with Crippen molar-refractivity contribution in [2.45, 2.75) is 24.8 Å². The minimum Gasteiger partial charge on any atom is -0.370 e. The number of amides is 1. The Labute approximate surface area is 122 Å². The van der Waals surface area contributed by atoms with Gasteiger partial charge in [0, 0.05) is 13.0 Å². The Kier molecular flexibility index (Phi) is 7.20. The molecule has 104 valence electrons. The topological polar surface area (TPSA) is 80.0 Å². The van der Waals surface area contributed by atoms with Gasteiger partial charge in [-0.15, -0.1) is 11.8 Å². The van der Waals surface area contributed by atoms with Crippen molar-refractivity contribution in [1.29, 1.82) is 0 Å². The Morgan fingerprint density at radius 3 is 3.00 bits per heavy atom. The summed E-state index contributed by atoms with van der Waals surface area (Å²) in [6.45, 7) is 2.75. The number of thioether (sulfide) groups is 1. The predicted molar refractivity (Wildman–Crippen MR) is 83.3 cm³/mol. The van der Waals surface area contributed by atoms with Crippen LogP contribution < -0.4 is 16.4 Å². The lowest BCUT2D eigenvalue weighted by atomic mass is 10.3. The Balaban J connectivity index is 2.43. The molecule has 0 saturated heterocycles. The van der Waals surface area contributed by atoms with Crippen LogP contribution in [0.1, 0.15) is 19.8 Å². The molecule has 7 heteroatoms. The van der Waals surface area contributed by atoms with Gasteiger partial charge in [0.15, 0.2) is 5.11 Å². The van der Waals surface area contributed by atoms with Crippen molar-refractivity contribution in [3.8, 4) is 0 Å². The molecule has 0 unspecified atom stereocenters. The van der Waals surface area contributed by atoms with E-state index in [0.717, 1.165) is 23.7 Å². The highest BCUT2D eigenvalue weighted by atomic mass is 32.2. The molecular formula is C12H18N4OS2. The Bertz CT molecular complexity index is 439. The summed E-state index contributed by atoms with van der Waals surface area (Å²) in [6, 6.07) is 5.70. The molecule has 0 spiro atoms. The van der Waals surface area contributed by atoms with E-state index in [0.29, 0.717) is 17.4 Å². The second-order valence-corrected chi connectivity index (χ2v) is 5.29. The first-order valence-corrected chi connectivity index (χ1v) is 7.44. The van der Waals surface area contributed by atoms with Crippen LogP contribution in [0.4, 0.5) is 5.82 Å². The van der Waals surface area contributed by atoms with E-state index >= 15 is 0 Å². The van der Waals surface area contributed by atoms with E-state index in [9.17, 15) is 4.79 Å². The molecule has 0 aliphatic heterocycles. The van der Waals surface area contributed by atoms with Crippen LogP contribution in [0.15, 0.2) is 23.2 Å². The number of nitrogens with zero attached hydrogens (tertiary/aromatic N) is 1. The molecule has 5 nitrogen and oxygen atoms in total. The Hall–Kier alpha value is -1.34. The van der Waals surface area contributed by atoms with Gasteiger partial charge in [0.2, 0.25) is 5.91 Å². The van der Waals surface area contributed by atoms with Crippen LogP contribution in [0.25, 0.3) is 0 Å². The summed E-state index contributed by atoms with van der Waals surface area (Å²) in [5.74, 6) is 1.27. The van der Waals surface area contributed by atoms with Crippen molar-refractivity contribution in [2.24, 2.45) is 5.73 Å². The van der Waals surface area contributed by atoms with Gasteiger partial charge < -0.3 is 16.4 Å². The van der Waals surface area contributed by atoms with E-state index < -0.39 is 0 Å². The molecule has 0 fully saturated rings. The lowest BCUT2D eigenvalue weighted by Crippen LogP contribution is -2.28. The predicted octanol–water partition coefficient (Wildman–Crippen LogP) is 1.75. The van der Waals surface area contributed by atoms with E-state index in [1.165, 1.54) is 0 Å². The molecule has 1 heterocycles. The average Bonchev–Trinajstić information content (AvgIpc) is 2.35. The van der Waals surface area contributed by atoms with E-state index in [1.54, 1.807) is 11.8 Å². The summed E-state index contributed by atoms with van der Waals surface area (Å²) in [4.78, 5) is 15.0. The maximum atomic E-state index is 10.6. The van der Waals surface area contributed by atoms with Gasteiger partial charge in [0.1, 0.15) is 5.82 Å². The van der Waals surface area contributed by atoms with Gasteiger partial charge in [-0.1, -0.05) is 6.07 Å². The third-order valence-electron chi connectivity index (χ3n) is 2.12. The van der Waals surface area contributed by atoms with Crippen molar-refractivity contribution in [3.63, 3.8) is 0 Å². The fourth-order valence-electron chi connectivity index (χ4n) is 1.31. The zero-order valence-corrected chi connectivity index (χ0v) is 12.4. The van der Waals surface area contributed by atoms with Crippen LogP contribution in [0.3, 0.4) is 0 Å². The van der Waals surface area contributed by atoms with E-state index in [1.807, 2.05) is 25.1 Å². The Morgan fingerprint density at radius 2 is 2.32 bits per heavy atom. The summed E-state index contributed by atoms with van der Waals surface area (Å²) >= 11 is 6.69. The van der Waals surface area contributed by atoms with Crippen LogP contribution in [0.2, 0.25) is 0 Å². The molecule has 0 saturated carbocycles. The standard InChI is InChI=1S/C12H18N4OS2/c1-2-14-12(18)16-10-6-3-7-11(15-10)19-8-4-5-9(13)17/h3,6-7H,2,4-5,8H2,1H3,(H2,13,17)(H2,14,15,16,18). The van der Waals surface area contributed by atoms with Gasteiger partial charge in [-0.05, 0) is 43.4 Å². The zero-order chi connectivity index (χ0) is 14.1. The highest BCUT2D eigenvalue weighted by Gasteiger charge is 2.01. The first kappa shape index (κ1) is 15.7. The highest BCUT2D eigenvalue weighted by molar-refractivity contribution is 7.99. The quantitative estimate of drug-likeness (QED) is 0.404. The number of anilines is 1. The van der Waals surface area contributed by atoms with Gasteiger partial charge in [0.25, 0.3) is 0 Å². The van der Waals surface area contributed by atoms with Crippen molar-refractivity contribution in [1.82, 2.24) is 10.3 Å². The normalized spacial score (nSPS) is 9.95. The van der Waals surface area contributed by atoms with Crippen LogP contribution in [-0.4, -0.2) is 28.3 Å². The van der Waals surface area contributed by atoms with Gasteiger partial charge >= 0.3 is 0 Å². The number of nitrogens with two attached hydrogens (primary N) is 1. The molecule has 1 aromatic heterocycles. The van der Waals surface area contributed by atoms with E-state index in [4.69, 9.17) is 18.0 Å². The smallest absolute Gasteiger partial charge is 0.217 e. The highest BCUT2D eigenvalue weighted by Crippen LogP contribution is 2.18. The maximum absolute atomic E-state index is 10.6. The van der Waals surface area contributed by atoms with Gasteiger partial charge in [-0.3, -0.25) is 4.79 Å². The minimum atomic E-state index is -0.264. The van der Waals surface area contributed by atoms with Crippen molar-refractivity contribution in [3.05, 3.63) is 18.2 Å². The molecule has 19 heavy (non-hydrogen) atoms. The van der Waals surface area contributed by atoms with Crippen LogP contribution in [0.5, 0.6) is 0 Å². The molecule has 0 bridgehead atoms. The van der Waals surface area contributed by atoms with Crippen LogP contribution in [0, 0.1) is 0 Å². The van der Waals surface area contributed by atoms with Gasteiger partial charge in [0.05, 0.1) is 5.03 Å². The molecule has 1 rings (SSSR count). The lowest BCUT2D eigenvalue weighted by molar-refractivity contribution is -0.118. The first-order valence-electron chi connectivity index (χ1n) is 6.05. The molecule has 0 aliphatic rings. The number of nitrogens with one attached hydrogen (secondary N) is 2. The SMILES string of the molecule is CCNC(=S)Nc1cccc(SCCCC(N)=O)n1. The number of carbonyl (C=O) groups excluding carboxylic acids is 1. The molecule has 4 N–H and O–H groups in total. The number of carbonyl (C=O) groups is 1. The molecule has 1 amide bonds. The molecule has 0 aliphatic carbocycles. The van der Waals surface area contributed by atoms with Gasteiger partial charge in [-0.25, -0.2) is 4.98 Å². The second kappa shape index (κ2) is 8.71. The minimum absolute atomic E-state index is 0.264. The number of primary amides is 1. The van der Waals surface area contributed by atoms with E-state index in [2.05, 4.69) is 15.6 Å². The fraction of sp³-hybridized carbons (Fsp3) is 0.417. The van der Waals surface area contributed by atoms with Crippen molar-refractivity contribution < 1.29 is 4.79 Å². The van der Waals surface area contributed by atoms with E-state index in [-0.39, 0.29) is 5.91 Å². The number of hydrogen-bond donors (Lipinski definition) is 3. The summed E-state index contributed by atoms with van der Waals surface area (Å²) < 4.78 is 0. The summed E-state index contributed by atoms with van der Waals surface area (Å²) in [5, 5.41) is 7.47. The molecule has 0 atom stereocenters. The summed E-state index contributed by atoms with van der Waals surface area (Å²) in [5.41, 5.74) is 5.08. The lowest BCUT2D eigenvalue weighted by Gasteiger charge is -2.08. The molecule has 1 aromatic rings. The summed E-state index contributed by atoms with van der Waals surface area (Å²) in [7, 11) is 0. The third-order valence-corrected chi connectivity index (χ3v) is 3.38. The van der Waals surface area contributed by atoms with Crippen molar-refractivity contribution >= 4 is 40.8 Å². The molecular weight excluding hydrogens is 280 g/mol. The largest absolute Gasteiger partial charge is 0.370 e. The number of rotatable bonds is 7. The first-order chi connectivity index (χ1) is 9.11. The number of aromatic nitrogens is 1. The number of hydrogen-bond acceptors (Lipinski definition) is 4. The zero-order valence-electron chi connectivity index (χ0n) is 10.8. The third kappa shape index (κ3) is 6.97. The monoisotopic (exact) mass is 298 g/mol. The molecule has 0 radical (unpaired) electrons. The average molecular weight is 298 g/mol. The Morgan fingerprint density at radius 1 is 1.53 bits per heavy atom.